The number of nitrogens with two attached hydrogens (primary N) is 6. The van der Waals surface area contributed by atoms with Gasteiger partial charge in [-0.15, -0.1) is 0 Å². The number of amides is 13. The first-order valence-corrected chi connectivity index (χ1v) is 28.0. The summed E-state index contributed by atoms with van der Waals surface area (Å²) in [5.74, 6) is -13.0. The molecule has 0 unspecified atom stereocenters. The standard InChI is InChI=1S/C57H75N17O14/c58-19-9-8-16-37(69-56(87)43(24-47(62)78)74-54(85)41(22-32-27-65-36-15-7-5-13-34(32)36)73-55(86)42(23-46(61)77)67-48(79)25-59)52(83)72-40(20-30-10-2-1-3-11-30)53(84)70-38(17-18-45(60)76)51(82)66-28-49(80)68-44(29-75)57(88)71-39(50(63)81)21-31-26-64-35-14-6-4-12-33(31)35/h1-7,10-15,26-27,37-44,64-65,75H,8-9,16-25,28-29,58-59H2,(H2,60,76)(H2,61,77)(H2,62,78)(H2,63,81)(H,66,82)(H,67,79)(H,68,80)(H,69,87)(H,70,84)(H,71,88)(H,72,83)(H,73,86)(H,74,85)/t37-,38-,39-,40-,41-,42-,43-,44-/m0/s1. The minimum absolute atomic E-state index is 0.0424. The second-order valence-electron chi connectivity index (χ2n) is 20.6. The molecule has 0 aliphatic heterocycles. The number of nitrogens with one attached hydrogen (secondary N) is 11. The number of benzene rings is 3. The van der Waals surface area contributed by atoms with Gasteiger partial charge < -0.3 is 97.3 Å². The van der Waals surface area contributed by atoms with Gasteiger partial charge >= 0.3 is 0 Å². The van der Waals surface area contributed by atoms with Gasteiger partial charge in [-0.3, -0.25) is 62.3 Å². The second-order valence-corrected chi connectivity index (χ2v) is 20.6. The Kier molecular flexibility index (Phi) is 26.5. The third kappa shape index (κ3) is 21.4. The lowest BCUT2D eigenvalue weighted by molar-refractivity contribution is -0.136. The van der Waals surface area contributed by atoms with Gasteiger partial charge in [0.1, 0.15) is 48.3 Å². The van der Waals surface area contributed by atoms with Crippen molar-refractivity contribution in [2.45, 2.75) is 113 Å². The van der Waals surface area contributed by atoms with Crippen molar-refractivity contribution in [3.8, 4) is 0 Å². The van der Waals surface area contributed by atoms with Gasteiger partial charge in [-0.1, -0.05) is 66.7 Å². The first-order valence-electron chi connectivity index (χ1n) is 28.0. The van der Waals surface area contributed by atoms with Crippen molar-refractivity contribution < 1.29 is 67.4 Å². The lowest BCUT2D eigenvalue weighted by atomic mass is 10.0. The summed E-state index contributed by atoms with van der Waals surface area (Å²) in [7, 11) is 0. The Labute approximate surface area is 503 Å². The van der Waals surface area contributed by atoms with Crippen molar-refractivity contribution >= 4 is 98.6 Å². The van der Waals surface area contributed by atoms with Crippen LogP contribution in [0.25, 0.3) is 21.8 Å². The molecule has 3 aromatic carbocycles. The molecule has 0 bridgehead atoms. The van der Waals surface area contributed by atoms with Crippen LogP contribution in [0, 0.1) is 0 Å². The van der Waals surface area contributed by atoms with Gasteiger partial charge in [-0.05, 0) is 61.1 Å². The number of H-pyrrole nitrogens is 2. The molecule has 31 heteroatoms. The van der Waals surface area contributed by atoms with Crippen LogP contribution in [0.4, 0.5) is 0 Å². The fourth-order valence-corrected chi connectivity index (χ4v) is 9.29. The normalized spacial score (nSPS) is 13.8. The summed E-state index contributed by atoms with van der Waals surface area (Å²) in [5, 5.41) is 33.2. The molecule has 0 saturated carbocycles. The lowest BCUT2D eigenvalue weighted by Gasteiger charge is -2.27. The van der Waals surface area contributed by atoms with E-state index in [1.54, 1.807) is 91.3 Å². The Hall–Kier alpha value is -10.3. The van der Waals surface area contributed by atoms with Gasteiger partial charge in [0.05, 0.1) is 32.5 Å². The molecule has 0 aliphatic carbocycles. The predicted octanol–water partition coefficient (Wildman–Crippen LogP) is -5.75. The highest BCUT2D eigenvalue weighted by Crippen LogP contribution is 2.21. The van der Waals surface area contributed by atoms with E-state index in [4.69, 9.17) is 34.4 Å². The smallest absolute Gasteiger partial charge is 0.245 e. The molecule has 0 saturated heterocycles. The van der Waals surface area contributed by atoms with E-state index < -0.39 is 171 Å². The monoisotopic (exact) mass is 1220 g/mol. The van der Waals surface area contributed by atoms with Crippen molar-refractivity contribution in [3.63, 3.8) is 0 Å². The van der Waals surface area contributed by atoms with E-state index >= 15 is 0 Å². The predicted molar refractivity (Wildman–Crippen MR) is 317 cm³/mol. The molecule has 0 radical (unpaired) electrons. The fourth-order valence-electron chi connectivity index (χ4n) is 9.29. The zero-order valence-electron chi connectivity index (χ0n) is 47.9. The van der Waals surface area contributed by atoms with Crippen molar-refractivity contribution in [1.29, 1.82) is 0 Å². The SMILES string of the molecule is NCCCC[C@H](NC(=O)[C@H](CC(N)=O)NC(=O)[C@H](Cc1c[nH]c2ccccc12)NC(=O)[C@H](CC(N)=O)NC(=O)CN)C(=O)N[C@@H](Cc1ccccc1)C(=O)N[C@@H](CCC(N)=O)C(=O)NCC(=O)N[C@@H](CO)C(=O)N[C@@H](Cc1c[nH]c2ccccc12)C(N)=O. The minimum Gasteiger partial charge on any atom is -0.394 e. The van der Waals surface area contributed by atoms with Crippen LogP contribution in [0.1, 0.15) is 61.6 Å². The molecule has 2 heterocycles. The molecule has 5 rings (SSSR count). The highest BCUT2D eigenvalue weighted by Gasteiger charge is 2.36. The number of fused-ring (bicyclic) bond motifs is 2. The molecule has 24 N–H and O–H groups in total. The molecule has 13 amide bonds. The van der Waals surface area contributed by atoms with Crippen LogP contribution in [0.2, 0.25) is 0 Å². The van der Waals surface area contributed by atoms with Crippen molar-refractivity contribution in [2.75, 3.05) is 26.2 Å². The highest BCUT2D eigenvalue weighted by atomic mass is 16.3. The lowest BCUT2D eigenvalue weighted by Crippen LogP contribution is -2.61. The second kappa shape index (κ2) is 34.0. The Morgan fingerprint density at radius 2 is 0.864 bits per heavy atom. The average molecular weight is 1220 g/mol. The fraction of sp³-hybridized carbons (Fsp3) is 0.386. The first-order chi connectivity index (χ1) is 42.0. The third-order valence-corrected chi connectivity index (χ3v) is 13.8. The molecular weight excluding hydrogens is 1150 g/mol. The Balaban J connectivity index is 1.33. The largest absolute Gasteiger partial charge is 0.394 e. The molecule has 31 nitrogen and oxygen atoms in total. The molecule has 8 atom stereocenters. The van der Waals surface area contributed by atoms with Gasteiger partial charge in [0, 0.05) is 59.9 Å². The number of aliphatic hydroxyl groups is 1. The molecule has 472 valence electrons. The summed E-state index contributed by atoms with van der Waals surface area (Å²) in [6, 6.07) is 9.74. The van der Waals surface area contributed by atoms with E-state index in [-0.39, 0.29) is 38.6 Å². The summed E-state index contributed by atoms with van der Waals surface area (Å²) in [5.41, 5.74) is 36.2. The Morgan fingerprint density at radius 3 is 1.38 bits per heavy atom. The van der Waals surface area contributed by atoms with Crippen LogP contribution in [0.15, 0.2) is 91.3 Å². The van der Waals surface area contributed by atoms with E-state index in [2.05, 4.69) is 57.8 Å². The van der Waals surface area contributed by atoms with E-state index in [1.807, 2.05) is 0 Å². The molecule has 5 aromatic rings. The number of rotatable bonds is 37. The number of aromatic amines is 2. The maximum atomic E-state index is 14.5. The average Bonchev–Trinajstić information content (AvgIpc) is 2.22. The number of unbranched alkanes of at least 4 members (excludes halogenated alkanes) is 1. The quantitative estimate of drug-likeness (QED) is 0.0165. The Morgan fingerprint density at radius 1 is 0.432 bits per heavy atom. The summed E-state index contributed by atoms with van der Waals surface area (Å²) in [6.07, 6.45) is 0.610. The van der Waals surface area contributed by atoms with Gasteiger partial charge in [-0.2, -0.15) is 0 Å². The van der Waals surface area contributed by atoms with Crippen molar-refractivity contribution in [1.82, 2.24) is 57.8 Å². The van der Waals surface area contributed by atoms with Crippen LogP contribution < -0.4 is 82.3 Å². The van der Waals surface area contributed by atoms with Crippen LogP contribution in [-0.4, -0.2) is 166 Å². The van der Waals surface area contributed by atoms with E-state index in [9.17, 15) is 67.4 Å². The number of aliphatic hydroxyl groups excluding tert-OH is 1. The number of carbonyl (C=O) groups is 13. The van der Waals surface area contributed by atoms with Crippen molar-refractivity contribution in [3.05, 3.63) is 108 Å². The van der Waals surface area contributed by atoms with Crippen LogP contribution >= 0.6 is 0 Å². The molecular formula is C57H75N17O14. The van der Waals surface area contributed by atoms with Gasteiger partial charge in [0.25, 0.3) is 0 Å². The van der Waals surface area contributed by atoms with E-state index in [0.29, 0.717) is 34.0 Å². The van der Waals surface area contributed by atoms with Crippen LogP contribution in [0.3, 0.4) is 0 Å². The van der Waals surface area contributed by atoms with Crippen LogP contribution in [-0.2, 0) is 81.6 Å². The minimum atomic E-state index is -1.83. The highest BCUT2D eigenvalue weighted by molar-refractivity contribution is 6.00. The summed E-state index contributed by atoms with van der Waals surface area (Å²) in [6.45, 7) is -2.22. The number of hydrogen-bond acceptors (Lipinski definition) is 16. The zero-order chi connectivity index (χ0) is 64.5. The molecule has 0 aliphatic rings. The number of aromatic nitrogens is 2. The van der Waals surface area contributed by atoms with Crippen LogP contribution in [0.5, 0.6) is 0 Å². The topological polar surface area (TPSA) is 538 Å². The number of hydrogen-bond donors (Lipinski definition) is 18. The maximum absolute atomic E-state index is 14.5. The first kappa shape index (κ1) is 68.5. The van der Waals surface area contributed by atoms with Gasteiger partial charge in [-0.25, -0.2) is 0 Å². The van der Waals surface area contributed by atoms with Gasteiger partial charge in [0.15, 0.2) is 0 Å². The third-order valence-electron chi connectivity index (χ3n) is 13.8. The number of para-hydroxylation sites is 2. The van der Waals surface area contributed by atoms with E-state index in [1.165, 1.54) is 0 Å². The maximum Gasteiger partial charge on any atom is 0.245 e. The molecule has 0 fully saturated rings. The van der Waals surface area contributed by atoms with Crippen molar-refractivity contribution in [2.24, 2.45) is 34.4 Å². The van der Waals surface area contributed by atoms with Gasteiger partial charge in [0.2, 0.25) is 76.8 Å². The molecule has 0 spiro atoms. The summed E-state index contributed by atoms with van der Waals surface area (Å²) >= 11 is 0. The summed E-state index contributed by atoms with van der Waals surface area (Å²) in [4.78, 5) is 179. The Bertz CT molecular complexity index is 3320. The molecule has 2 aromatic heterocycles. The van der Waals surface area contributed by atoms with E-state index in [0.717, 1.165) is 10.9 Å². The zero-order valence-corrected chi connectivity index (χ0v) is 47.9. The summed E-state index contributed by atoms with van der Waals surface area (Å²) < 4.78 is 0. The number of carbonyl (C=O) groups excluding carboxylic acids is 13. The molecule has 88 heavy (non-hydrogen) atoms. The number of primary amides is 4.